The van der Waals surface area contributed by atoms with Crippen LogP contribution in [-0.4, -0.2) is 37.3 Å². The highest BCUT2D eigenvalue weighted by atomic mass is 19.4. The van der Waals surface area contributed by atoms with E-state index in [4.69, 9.17) is 9.15 Å². The van der Waals surface area contributed by atoms with Crippen LogP contribution in [0.15, 0.2) is 82.0 Å². The summed E-state index contributed by atoms with van der Waals surface area (Å²) >= 11 is 0. The van der Waals surface area contributed by atoms with E-state index >= 15 is 0 Å². The van der Waals surface area contributed by atoms with Crippen LogP contribution in [0.3, 0.4) is 0 Å². The maximum atomic E-state index is 12.7. The summed E-state index contributed by atoms with van der Waals surface area (Å²) < 4.78 is 52.2. The summed E-state index contributed by atoms with van der Waals surface area (Å²) in [7, 11) is 0. The van der Waals surface area contributed by atoms with E-state index < -0.39 is 18.1 Å². The lowest BCUT2D eigenvalue weighted by Crippen LogP contribution is -2.32. The van der Waals surface area contributed by atoms with Crippen molar-refractivity contribution in [3.05, 3.63) is 105 Å². The maximum absolute atomic E-state index is 12.7. The molecule has 1 atom stereocenters. The van der Waals surface area contributed by atoms with Gasteiger partial charge in [0.05, 0.1) is 0 Å². The van der Waals surface area contributed by atoms with Gasteiger partial charge >= 0.3 is 12.0 Å². The monoisotopic (exact) mass is 527 g/mol. The van der Waals surface area contributed by atoms with Crippen LogP contribution in [0, 0.1) is 6.92 Å². The Morgan fingerprint density at radius 1 is 0.974 bits per heavy atom. The fourth-order valence-corrected chi connectivity index (χ4v) is 4.08. The molecule has 3 aromatic carbocycles. The highest BCUT2D eigenvalue weighted by molar-refractivity contribution is 5.82. The van der Waals surface area contributed by atoms with Crippen molar-refractivity contribution in [2.24, 2.45) is 0 Å². The number of halogens is 3. The predicted octanol–water partition coefficient (Wildman–Crippen LogP) is 5.16. The number of benzene rings is 3. The molecular formula is C29H28F3NO5. The highest BCUT2D eigenvalue weighted by Gasteiger charge is 2.31. The summed E-state index contributed by atoms with van der Waals surface area (Å²) in [6, 6.07) is 20.5. The first-order valence-corrected chi connectivity index (χ1v) is 12.1. The Bertz CT molecular complexity index is 1400. The molecule has 38 heavy (non-hydrogen) atoms. The van der Waals surface area contributed by atoms with E-state index in [-0.39, 0.29) is 18.8 Å². The van der Waals surface area contributed by atoms with Crippen LogP contribution in [-0.2, 0) is 12.8 Å². The predicted molar refractivity (Wildman–Crippen MR) is 138 cm³/mol. The summed E-state index contributed by atoms with van der Waals surface area (Å²) in [5.41, 5.74) is 2.79. The molecule has 0 amide bonds. The van der Waals surface area contributed by atoms with Crippen molar-refractivity contribution in [3.63, 3.8) is 0 Å². The van der Waals surface area contributed by atoms with Gasteiger partial charge < -0.3 is 24.3 Å². The molecule has 0 saturated heterocycles. The molecule has 1 aromatic heterocycles. The number of rotatable bonds is 11. The molecule has 0 bridgehead atoms. The third-order valence-electron chi connectivity index (χ3n) is 6.05. The Morgan fingerprint density at radius 2 is 1.68 bits per heavy atom. The maximum Gasteiger partial charge on any atom is 0.573 e. The van der Waals surface area contributed by atoms with Crippen LogP contribution in [0.2, 0.25) is 0 Å². The zero-order valence-electron chi connectivity index (χ0n) is 20.8. The van der Waals surface area contributed by atoms with Gasteiger partial charge in [-0.05, 0) is 60.8 Å². The van der Waals surface area contributed by atoms with Crippen molar-refractivity contribution in [2.45, 2.75) is 32.2 Å². The van der Waals surface area contributed by atoms with Crippen LogP contribution in [0.25, 0.3) is 11.0 Å². The van der Waals surface area contributed by atoms with E-state index in [0.29, 0.717) is 40.0 Å². The van der Waals surface area contributed by atoms with E-state index in [0.717, 1.165) is 13.0 Å². The Balaban J connectivity index is 1.34. The molecule has 0 spiro atoms. The summed E-state index contributed by atoms with van der Waals surface area (Å²) in [6.45, 7) is 2.97. The summed E-state index contributed by atoms with van der Waals surface area (Å²) in [6.07, 6.45) is -4.43. The zero-order chi connectivity index (χ0) is 27.1. The minimum absolute atomic E-state index is 0.0686. The average Bonchev–Trinajstić information content (AvgIpc) is 2.88. The van der Waals surface area contributed by atoms with Crippen molar-refractivity contribution < 1.29 is 32.2 Å². The molecule has 0 aliphatic carbocycles. The van der Waals surface area contributed by atoms with Crippen molar-refractivity contribution in [2.75, 3.05) is 19.7 Å². The second-order valence-electron chi connectivity index (χ2n) is 8.92. The van der Waals surface area contributed by atoms with Gasteiger partial charge in [-0.1, -0.05) is 42.5 Å². The van der Waals surface area contributed by atoms with Gasteiger partial charge in [0, 0.05) is 30.0 Å². The van der Waals surface area contributed by atoms with E-state index in [1.165, 1.54) is 29.8 Å². The highest BCUT2D eigenvalue weighted by Crippen LogP contribution is 2.27. The number of alkyl halides is 3. The summed E-state index contributed by atoms with van der Waals surface area (Å²) in [5, 5.41) is 14.2. The number of aliphatic hydroxyl groups excluding tert-OH is 1. The molecule has 200 valence electrons. The molecule has 0 saturated carbocycles. The Kier molecular flexibility index (Phi) is 8.70. The Labute approximate surface area is 217 Å². The first-order chi connectivity index (χ1) is 18.2. The summed E-state index contributed by atoms with van der Waals surface area (Å²) in [4.78, 5) is 12.7. The molecule has 4 aromatic rings. The lowest BCUT2D eigenvalue weighted by Gasteiger charge is -2.14. The molecule has 1 unspecified atom stereocenters. The SMILES string of the molecule is Cc1c(Cc2ccc(OC(F)(F)F)cc2)c(=O)oc2cc(OCC(O)CNCCc3ccccc3)ccc12. The fraction of sp³-hybridized carbons (Fsp3) is 0.276. The minimum atomic E-state index is -4.77. The topological polar surface area (TPSA) is 80.9 Å². The van der Waals surface area contributed by atoms with Crippen LogP contribution >= 0.6 is 0 Å². The number of fused-ring (bicyclic) bond motifs is 1. The molecule has 9 heteroatoms. The van der Waals surface area contributed by atoms with Gasteiger partial charge in [0.15, 0.2) is 0 Å². The van der Waals surface area contributed by atoms with Gasteiger partial charge in [-0.25, -0.2) is 4.79 Å². The largest absolute Gasteiger partial charge is 0.573 e. The molecule has 6 nitrogen and oxygen atoms in total. The summed E-state index contributed by atoms with van der Waals surface area (Å²) in [5.74, 6) is 0.125. The standard InChI is InChI=1S/C29H28F3NO5/c1-19-25-12-11-24(36-18-22(34)17-33-14-13-20-5-3-2-4-6-20)16-27(25)37-28(35)26(19)15-21-7-9-23(10-8-21)38-29(30,31)32/h2-12,16,22,33-34H,13-15,17-18H2,1H3. The van der Waals surface area contributed by atoms with Gasteiger partial charge in [-0.3, -0.25) is 0 Å². The second kappa shape index (κ2) is 12.1. The lowest BCUT2D eigenvalue weighted by molar-refractivity contribution is -0.274. The van der Waals surface area contributed by atoms with Crippen molar-refractivity contribution in [1.82, 2.24) is 5.32 Å². The van der Waals surface area contributed by atoms with Crippen molar-refractivity contribution in [3.8, 4) is 11.5 Å². The van der Waals surface area contributed by atoms with Gasteiger partial charge in [0.25, 0.3) is 0 Å². The molecule has 0 aliphatic heterocycles. The third kappa shape index (κ3) is 7.60. The number of aliphatic hydroxyl groups is 1. The van der Waals surface area contributed by atoms with Crippen LogP contribution in [0.1, 0.15) is 22.3 Å². The smallest absolute Gasteiger partial charge is 0.491 e. The normalized spacial score (nSPS) is 12.4. The number of aryl methyl sites for hydroxylation is 1. The van der Waals surface area contributed by atoms with Crippen LogP contribution < -0.4 is 20.4 Å². The molecule has 0 radical (unpaired) electrons. The minimum Gasteiger partial charge on any atom is -0.491 e. The number of hydrogen-bond acceptors (Lipinski definition) is 6. The van der Waals surface area contributed by atoms with Crippen LogP contribution in [0.4, 0.5) is 13.2 Å². The van der Waals surface area contributed by atoms with Gasteiger partial charge in [0.2, 0.25) is 0 Å². The number of hydrogen-bond donors (Lipinski definition) is 2. The number of nitrogens with one attached hydrogen (secondary N) is 1. The first kappa shape index (κ1) is 27.2. The van der Waals surface area contributed by atoms with Crippen LogP contribution in [0.5, 0.6) is 11.5 Å². The first-order valence-electron chi connectivity index (χ1n) is 12.1. The van der Waals surface area contributed by atoms with E-state index in [9.17, 15) is 23.1 Å². The molecule has 0 fully saturated rings. The van der Waals surface area contributed by atoms with Gasteiger partial charge in [-0.2, -0.15) is 0 Å². The van der Waals surface area contributed by atoms with E-state index in [1.807, 2.05) is 18.2 Å². The van der Waals surface area contributed by atoms with Gasteiger partial charge in [0.1, 0.15) is 29.8 Å². The third-order valence-corrected chi connectivity index (χ3v) is 6.05. The van der Waals surface area contributed by atoms with E-state index in [2.05, 4.69) is 22.2 Å². The molecular weight excluding hydrogens is 499 g/mol. The molecule has 1 heterocycles. The van der Waals surface area contributed by atoms with Crippen molar-refractivity contribution >= 4 is 11.0 Å². The average molecular weight is 528 g/mol. The molecule has 0 aliphatic rings. The molecule has 2 N–H and O–H groups in total. The zero-order valence-corrected chi connectivity index (χ0v) is 20.8. The number of ether oxygens (including phenoxy) is 2. The second-order valence-corrected chi connectivity index (χ2v) is 8.92. The quantitative estimate of drug-likeness (QED) is 0.207. The Morgan fingerprint density at radius 3 is 2.39 bits per heavy atom. The van der Waals surface area contributed by atoms with Gasteiger partial charge in [-0.15, -0.1) is 13.2 Å². The molecule has 4 rings (SSSR count). The van der Waals surface area contributed by atoms with E-state index in [1.54, 1.807) is 25.1 Å². The lowest BCUT2D eigenvalue weighted by atomic mass is 9.99. The van der Waals surface area contributed by atoms with Crippen molar-refractivity contribution in [1.29, 1.82) is 0 Å². The Hall–Kier alpha value is -3.82. The fourth-order valence-electron chi connectivity index (χ4n) is 4.08.